The SMILES string of the molecule is CCOc1ccc(C2=NN(C(=O)c3ccc(NNC(C#N)c4nnn[n-]4)cc3F)CCC2)cc1OCC.[K+]. The molecule has 192 valence electrons. The predicted molar refractivity (Wildman–Crippen MR) is 130 cm³/mol. The third kappa shape index (κ3) is 7.13. The molecule has 0 aliphatic carbocycles. The molecule has 1 aromatic heterocycles. The number of nitriles is 1. The maximum absolute atomic E-state index is 14.9. The second-order valence-electron chi connectivity index (χ2n) is 7.87. The molecule has 3 aromatic rings. The number of carbonyl (C=O) groups excluding carboxylic acids is 1. The fourth-order valence-corrected chi connectivity index (χ4v) is 3.70. The maximum atomic E-state index is 14.9. The van der Waals surface area contributed by atoms with Gasteiger partial charge in [0.2, 0.25) is 0 Å². The molecule has 0 bridgehead atoms. The van der Waals surface area contributed by atoms with E-state index in [1.165, 1.54) is 17.1 Å². The molecule has 0 saturated heterocycles. The van der Waals surface area contributed by atoms with Crippen LogP contribution >= 0.6 is 0 Å². The minimum absolute atomic E-state index is 0. The van der Waals surface area contributed by atoms with Gasteiger partial charge in [-0.15, -0.1) is 0 Å². The zero-order valence-corrected chi connectivity index (χ0v) is 24.4. The maximum Gasteiger partial charge on any atom is 1.00 e. The molecule has 1 atom stereocenters. The Labute approximate surface area is 261 Å². The molecule has 12 nitrogen and oxygen atoms in total. The van der Waals surface area contributed by atoms with Crippen molar-refractivity contribution in [2.45, 2.75) is 32.7 Å². The fourth-order valence-electron chi connectivity index (χ4n) is 3.70. The number of aromatic nitrogens is 4. The van der Waals surface area contributed by atoms with Crippen LogP contribution < -0.4 is 76.8 Å². The van der Waals surface area contributed by atoms with E-state index in [4.69, 9.17) is 9.47 Å². The minimum atomic E-state index is -0.952. The van der Waals surface area contributed by atoms with Gasteiger partial charge in [-0.2, -0.15) is 15.6 Å². The molecule has 0 saturated carbocycles. The van der Waals surface area contributed by atoms with E-state index < -0.39 is 17.8 Å². The summed E-state index contributed by atoms with van der Waals surface area (Å²) in [5.41, 5.74) is 7.04. The number of hydrazine groups is 1. The summed E-state index contributed by atoms with van der Waals surface area (Å²) in [6.07, 6.45) is 1.34. The molecule has 0 radical (unpaired) electrons. The van der Waals surface area contributed by atoms with Gasteiger partial charge in [-0.1, -0.05) is 0 Å². The molecule has 1 unspecified atom stereocenters. The van der Waals surface area contributed by atoms with Crippen LogP contribution in [-0.4, -0.2) is 51.9 Å². The first-order valence-electron chi connectivity index (χ1n) is 11.7. The van der Waals surface area contributed by atoms with Gasteiger partial charge < -0.3 is 20.0 Å². The average Bonchev–Trinajstić information content (AvgIpc) is 3.45. The van der Waals surface area contributed by atoms with E-state index in [0.29, 0.717) is 55.5 Å². The van der Waals surface area contributed by atoms with Crippen LogP contribution in [0.15, 0.2) is 41.5 Å². The Bertz CT molecular complexity index is 1310. The second kappa shape index (κ2) is 14.3. The van der Waals surface area contributed by atoms with E-state index in [1.54, 1.807) is 0 Å². The van der Waals surface area contributed by atoms with Crippen molar-refractivity contribution < 1.29 is 70.0 Å². The molecule has 2 aromatic carbocycles. The normalized spacial score (nSPS) is 13.5. The molecule has 0 spiro atoms. The van der Waals surface area contributed by atoms with Gasteiger partial charge in [-0.3, -0.25) is 15.1 Å². The van der Waals surface area contributed by atoms with Crippen molar-refractivity contribution in [2.75, 3.05) is 25.2 Å². The standard InChI is InChI=1S/C24H26FN9O3.K/c1-3-36-21-10-7-15(12-22(21)37-4-2)19-6-5-11-34(31-19)24(35)17-9-8-16(13-18(17)25)27-28-20(14-26)23-29-32-33-30-23;/h7-10,12-13,20H,3-6,11H2,1-2H3,(H3,27,28,29,30,32,33,35);/q;+1/p-1. The number of ether oxygens (including phenoxy) is 2. The van der Waals surface area contributed by atoms with Crippen molar-refractivity contribution in [2.24, 2.45) is 5.10 Å². The van der Waals surface area contributed by atoms with E-state index in [-0.39, 0.29) is 62.8 Å². The van der Waals surface area contributed by atoms with Crippen LogP contribution in [0.5, 0.6) is 11.5 Å². The quantitative estimate of drug-likeness (QED) is 0.254. The summed E-state index contributed by atoms with van der Waals surface area (Å²) in [6, 6.07) is 10.5. The number of hydrazone groups is 1. The zero-order valence-electron chi connectivity index (χ0n) is 21.3. The zero-order chi connectivity index (χ0) is 26.2. The summed E-state index contributed by atoms with van der Waals surface area (Å²) in [5, 5.41) is 28.9. The molecule has 14 heteroatoms. The third-order valence-electron chi connectivity index (χ3n) is 5.42. The summed E-state index contributed by atoms with van der Waals surface area (Å²) in [7, 11) is 0. The van der Waals surface area contributed by atoms with Crippen molar-refractivity contribution in [3.8, 4) is 17.6 Å². The monoisotopic (exact) mass is 545 g/mol. The van der Waals surface area contributed by atoms with Crippen molar-refractivity contribution in [1.82, 2.24) is 31.1 Å². The number of nitrogens with zero attached hydrogens (tertiary/aromatic N) is 7. The molecule has 0 fully saturated rings. The van der Waals surface area contributed by atoms with Crippen LogP contribution in [0.25, 0.3) is 0 Å². The first-order valence-corrected chi connectivity index (χ1v) is 11.7. The Kier molecular flexibility index (Phi) is 11.1. The van der Waals surface area contributed by atoms with Gasteiger partial charge in [0.1, 0.15) is 11.9 Å². The number of hydrogen-bond donors (Lipinski definition) is 2. The van der Waals surface area contributed by atoms with Crippen molar-refractivity contribution in [3.63, 3.8) is 0 Å². The summed E-state index contributed by atoms with van der Waals surface area (Å²) >= 11 is 0. The van der Waals surface area contributed by atoms with Crippen LogP contribution in [0.1, 0.15) is 54.5 Å². The van der Waals surface area contributed by atoms with E-state index >= 15 is 0 Å². The van der Waals surface area contributed by atoms with Crippen LogP contribution in [-0.2, 0) is 0 Å². The number of amides is 1. The number of nitrogens with one attached hydrogen (secondary N) is 2. The van der Waals surface area contributed by atoms with Gasteiger partial charge in [0.05, 0.1) is 36.2 Å². The summed E-state index contributed by atoms with van der Waals surface area (Å²) in [4.78, 5) is 13.1. The molecular weight excluding hydrogens is 520 g/mol. The summed E-state index contributed by atoms with van der Waals surface area (Å²) in [5.74, 6) is 0.0239. The van der Waals surface area contributed by atoms with Crippen molar-refractivity contribution in [3.05, 3.63) is 59.2 Å². The second-order valence-corrected chi connectivity index (χ2v) is 7.87. The Morgan fingerprint density at radius 1 is 1.21 bits per heavy atom. The molecule has 2 N–H and O–H groups in total. The molecular formula is C24H25FKN9O3. The van der Waals surface area contributed by atoms with Gasteiger partial charge in [0.25, 0.3) is 5.91 Å². The van der Waals surface area contributed by atoms with Gasteiger partial charge in [-0.25, -0.2) is 14.8 Å². The van der Waals surface area contributed by atoms with Gasteiger partial charge in [-0.05, 0) is 63.1 Å². The van der Waals surface area contributed by atoms with Gasteiger partial charge >= 0.3 is 51.4 Å². The first kappa shape index (κ1) is 29.6. The fraction of sp³-hybridized carbons (Fsp3) is 0.333. The van der Waals surface area contributed by atoms with Crippen molar-refractivity contribution in [1.29, 1.82) is 5.26 Å². The summed E-state index contributed by atoms with van der Waals surface area (Å²) in [6.45, 7) is 5.14. The van der Waals surface area contributed by atoms with Crippen LogP contribution in [0, 0.1) is 17.1 Å². The topological polar surface area (TPSA) is 152 Å². The number of benzene rings is 2. The number of rotatable bonds is 10. The van der Waals surface area contributed by atoms with Crippen molar-refractivity contribution >= 4 is 17.3 Å². The molecule has 38 heavy (non-hydrogen) atoms. The van der Waals surface area contributed by atoms with Crippen LogP contribution in [0.2, 0.25) is 0 Å². The molecule has 2 heterocycles. The Morgan fingerprint density at radius 2 is 2.00 bits per heavy atom. The van der Waals surface area contributed by atoms with Crippen LogP contribution in [0.3, 0.4) is 0 Å². The molecule has 1 amide bonds. The van der Waals surface area contributed by atoms with Gasteiger partial charge in [0.15, 0.2) is 11.5 Å². The number of halogens is 1. The Hall–Kier alpha value is -2.93. The smallest absolute Gasteiger partial charge is 0.490 e. The average molecular weight is 546 g/mol. The largest absolute Gasteiger partial charge is 1.00 e. The Morgan fingerprint density at radius 3 is 2.68 bits per heavy atom. The van der Waals surface area contributed by atoms with E-state index in [1.807, 2.05) is 38.1 Å². The first-order chi connectivity index (χ1) is 18.0. The number of tetrazole rings is 1. The molecule has 1 aliphatic rings. The van der Waals surface area contributed by atoms with Crippen LogP contribution in [0.4, 0.5) is 10.1 Å². The number of anilines is 1. The molecule has 1 aliphatic heterocycles. The number of carbonyl (C=O) groups is 1. The molecule has 4 rings (SSSR count). The summed E-state index contributed by atoms with van der Waals surface area (Å²) < 4.78 is 26.2. The minimum Gasteiger partial charge on any atom is -0.490 e. The predicted octanol–water partition coefficient (Wildman–Crippen LogP) is -0.409. The number of hydrogen-bond acceptors (Lipinski definition) is 10. The van der Waals surface area contributed by atoms with E-state index in [9.17, 15) is 14.4 Å². The third-order valence-corrected chi connectivity index (χ3v) is 5.42. The van der Waals surface area contributed by atoms with Gasteiger partial charge in [0, 0.05) is 17.9 Å². The van der Waals surface area contributed by atoms with E-state index in [2.05, 4.69) is 36.6 Å². The van der Waals surface area contributed by atoms with E-state index in [0.717, 1.165) is 11.6 Å². The Balaban J connectivity index is 0.00000400.